The van der Waals surface area contributed by atoms with Crippen LogP contribution in [-0.4, -0.2) is 23.9 Å². The molecular weight excluding hydrogens is 159 g/mol. The third-order valence-corrected chi connectivity index (χ3v) is 1.43. The second-order valence-corrected chi connectivity index (χ2v) is 2.58. The van der Waals surface area contributed by atoms with Crippen molar-refractivity contribution in [1.29, 1.82) is 0 Å². The monoisotopic (exact) mass is 171 g/mol. The zero-order chi connectivity index (χ0) is 9.02. The second kappa shape index (κ2) is 4.56. The Morgan fingerprint density at radius 2 is 1.82 bits per heavy atom. The molecule has 0 heterocycles. The normalized spacial score (nSPS) is 19.9. The minimum Gasteiger partial charge on any atom is -0.363 e. The molecule has 0 aliphatic carbocycles. The molecule has 2 unspecified atom stereocenters. The first-order valence-electron chi connectivity index (χ1n) is 3.31. The number of halogens is 3. The van der Waals surface area contributed by atoms with Gasteiger partial charge < -0.3 is 10.8 Å². The van der Waals surface area contributed by atoms with Crippen LogP contribution in [0.1, 0.15) is 13.3 Å². The molecule has 3 atom stereocenters. The van der Waals surface area contributed by atoms with Gasteiger partial charge in [0.05, 0.1) is 6.04 Å². The first-order chi connectivity index (χ1) is 4.95. The zero-order valence-electron chi connectivity index (χ0n) is 6.17. The van der Waals surface area contributed by atoms with E-state index in [1.165, 1.54) is 6.92 Å². The molecule has 2 nitrogen and oxygen atoms in total. The predicted octanol–water partition coefficient (Wildman–Crippen LogP) is 0.893. The fourth-order valence-corrected chi connectivity index (χ4v) is 0.644. The lowest BCUT2D eigenvalue weighted by atomic mass is 10.0. The topological polar surface area (TPSA) is 46.2 Å². The van der Waals surface area contributed by atoms with E-state index < -0.39 is 24.7 Å². The predicted molar refractivity (Wildman–Crippen MR) is 34.9 cm³/mol. The van der Waals surface area contributed by atoms with Crippen molar-refractivity contribution in [3.8, 4) is 0 Å². The Bertz CT molecular complexity index is 98.0. The van der Waals surface area contributed by atoms with Crippen LogP contribution < -0.4 is 5.73 Å². The molecule has 0 aromatic rings. The van der Waals surface area contributed by atoms with Crippen LogP contribution in [0.5, 0.6) is 0 Å². The minimum atomic E-state index is -2.51. The van der Waals surface area contributed by atoms with Gasteiger partial charge in [-0.05, 0) is 6.42 Å². The first kappa shape index (κ1) is 10.7. The summed E-state index contributed by atoms with van der Waals surface area (Å²) >= 11 is 0. The molecule has 0 fully saturated rings. The van der Waals surface area contributed by atoms with Crippen molar-refractivity contribution < 1.29 is 18.3 Å². The molecule has 0 aliphatic rings. The van der Waals surface area contributed by atoms with Crippen LogP contribution in [0.4, 0.5) is 13.2 Å². The Hall–Kier alpha value is -0.290. The summed E-state index contributed by atoms with van der Waals surface area (Å²) < 4.78 is 35.5. The smallest absolute Gasteiger partial charge is 0.241 e. The number of aliphatic hydroxyl groups excluding tert-OH is 1. The van der Waals surface area contributed by atoms with E-state index in [2.05, 4.69) is 0 Å². The van der Waals surface area contributed by atoms with Crippen molar-refractivity contribution >= 4 is 0 Å². The number of nitrogens with two attached hydrogens (primary N) is 1. The van der Waals surface area contributed by atoms with Crippen molar-refractivity contribution in [2.45, 2.75) is 32.2 Å². The summed E-state index contributed by atoms with van der Waals surface area (Å²) in [7, 11) is 0. The Kier molecular flexibility index (Phi) is 4.44. The Balaban J connectivity index is 3.66. The maximum atomic E-state index is 11.9. The van der Waals surface area contributed by atoms with Gasteiger partial charge in [0.15, 0.2) is 0 Å². The molecule has 5 heteroatoms. The molecule has 0 amide bonds. The maximum Gasteiger partial charge on any atom is 0.241 e. The van der Waals surface area contributed by atoms with Crippen molar-refractivity contribution in [3.63, 3.8) is 0 Å². The van der Waals surface area contributed by atoms with Crippen LogP contribution in [0, 0.1) is 5.92 Å². The zero-order valence-corrected chi connectivity index (χ0v) is 6.17. The Labute approximate surface area is 63.2 Å². The Morgan fingerprint density at radius 3 is 2.09 bits per heavy atom. The standard InChI is InChI=1S/C6H12F3NO/c1-3(5(7)8)2-4(10)6(9)11/h3-6,11H,2,10H2,1H3/t3?,4-,6?/m0/s1. The minimum absolute atomic E-state index is 0.213. The van der Waals surface area contributed by atoms with E-state index in [-0.39, 0.29) is 6.42 Å². The van der Waals surface area contributed by atoms with Gasteiger partial charge in [-0.1, -0.05) is 6.92 Å². The lowest BCUT2D eigenvalue weighted by Crippen LogP contribution is -2.34. The van der Waals surface area contributed by atoms with Crippen LogP contribution >= 0.6 is 0 Å². The molecule has 0 saturated heterocycles. The first-order valence-corrected chi connectivity index (χ1v) is 3.31. The lowest BCUT2D eigenvalue weighted by Gasteiger charge is -2.16. The molecular formula is C6H12F3NO. The summed E-state index contributed by atoms with van der Waals surface area (Å²) in [4.78, 5) is 0. The highest BCUT2D eigenvalue weighted by Crippen LogP contribution is 2.15. The SMILES string of the molecule is CC(C[C@H](N)C(O)F)C(F)F. The highest BCUT2D eigenvalue weighted by Gasteiger charge is 2.22. The van der Waals surface area contributed by atoms with E-state index in [0.717, 1.165) is 0 Å². The highest BCUT2D eigenvalue weighted by atomic mass is 19.3. The van der Waals surface area contributed by atoms with Crippen LogP contribution in [-0.2, 0) is 0 Å². The average Bonchev–Trinajstić information content (AvgIpc) is 1.87. The van der Waals surface area contributed by atoms with Gasteiger partial charge in [-0.2, -0.15) is 0 Å². The van der Waals surface area contributed by atoms with Crippen molar-refractivity contribution in [2.75, 3.05) is 0 Å². The molecule has 0 bridgehead atoms. The average molecular weight is 171 g/mol. The van der Waals surface area contributed by atoms with Crippen LogP contribution in [0.15, 0.2) is 0 Å². The number of hydrogen-bond donors (Lipinski definition) is 2. The van der Waals surface area contributed by atoms with Crippen LogP contribution in [0.3, 0.4) is 0 Å². The van der Waals surface area contributed by atoms with E-state index in [1.54, 1.807) is 0 Å². The fourth-order valence-electron chi connectivity index (χ4n) is 0.644. The third-order valence-electron chi connectivity index (χ3n) is 1.43. The van der Waals surface area contributed by atoms with Crippen molar-refractivity contribution in [2.24, 2.45) is 11.7 Å². The Morgan fingerprint density at radius 1 is 1.36 bits per heavy atom. The molecule has 0 aliphatic heterocycles. The summed E-state index contributed by atoms with van der Waals surface area (Å²) in [5, 5.41) is 8.21. The van der Waals surface area contributed by atoms with Gasteiger partial charge in [0, 0.05) is 5.92 Å². The molecule has 0 saturated carbocycles. The summed E-state index contributed by atoms with van der Waals surface area (Å²) in [6.07, 6.45) is -4.94. The highest BCUT2D eigenvalue weighted by molar-refractivity contribution is 4.68. The molecule has 11 heavy (non-hydrogen) atoms. The maximum absolute atomic E-state index is 11.9. The van der Waals surface area contributed by atoms with E-state index in [4.69, 9.17) is 10.8 Å². The summed E-state index contributed by atoms with van der Waals surface area (Å²) in [5.41, 5.74) is 5.00. The van der Waals surface area contributed by atoms with E-state index in [0.29, 0.717) is 0 Å². The molecule has 68 valence electrons. The van der Waals surface area contributed by atoms with Gasteiger partial charge in [-0.15, -0.1) is 0 Å². The molecule has 0 radical (unpaired) electrons. The van der Waals surface area contributed by atoms with Crippen molar-refractivity contribution in [1.82, 2.24) is 0 Å². The van der Waals surface area contributed by atoms with E-state index in [1.807, 2.05) is 0 Å². The lowest BCUT2D eigenvalue weighted by molar-refractivity contribution is -0.000780. The van der Waals surface area contributed by atoms with Crippen molar-refractivity contribution in [3.05, 3.63) is 0 Å². The van der Waals surface area contributed by atoms with Gasteiger partial charge in [0.1, 0.15) is 0 Å². The van der Waals surface area contributed by atoms with Crippen LogP contribution in [0.2, 0.25) is 0 Å². The number of alkyl halides is 3. The summed E-state index contributed by atoms with van der Waals surface area (Å²) in [6.45, 7) is 1.26. The quantitative estimate of drug-likeness (QED) is 0.660. The molecule has 0 aromatic carbocycles. The molecule has 3 N–H and O–H groups in total. The van der Waals surface area contributed by atoms with Gasteiger partial charge in [-0.25, -0.2) is 13.2 Å². The largest absolute Gasteiger partial charge is 0.363 e. The second-order valence-electron chi connectivity index (χ2n) is 2.58. The fraction of sp³-hybridized carbons (Fsp3) is 1.00. The number of rotatable bonds is 4. The van der Waals surface area contributed by atoms with Gasteiger partial charge in [0.2, 0.25) is 12.8 Å². The van der Waals surface area contributed by atoms with Crippen LogP contribution in [0.25, 0.3) is 0 Å². The number of aliphatic hydroxyl groups is 1. The van der Waals surface area contributed by atoms with Gasteiger partial charge in [0.25, 0.3) is 0 Å². The van der Waals surface area contributed by atoms with Gasteiger partial charge in [-0.3, -0.25) is 0 Å². The summed E-state index contributed by atoms with van der Waals surface area (Å²) in [5.74, 6) is -0.976. The summed E-state index contributed by atoms with van der Waals surface area (Å²) in [6, 6.07) is -1.21. The molecule has 0 aromatic heterocycles. The number of hydrogen-bond acceptors (Lipinski definition) is 2. The van der Waals surface area contributed by atoms with E-state index in [9.17, 15) is 13.2 Å². The van der Waals surface area contributed by atoms with Gasteiger partial charge >= 0.3 is 0 Å². The van der Waals surface area contributed by atoms with E-state index >= 15 is 0 Å². The molecule has 0 rings (SSSR count). The third kappa shape index (κ3) is 4.21. The molecule has 0 spiro atoms.